The van der Waals surface area contributed by atoms with Gasteiger partial charge in [-0.15, -0.1) is 6.58 Å². The highest BCUT2D eigenvalue weighted by molar-refractivity contribution is 6.32. The lowest BCUT2D eigenvalue weighted by Gasteiger charge is -2.07. The Hall–Kier alpha value is -1.39. The van der Waals surface area contributed by atoms with Gasteiger partial charge in [-0.2, -0.15) is 0 Å². The van der Waals surface area contributed by atoms with E-state index < -0.39 is 11.0 Å². The lowest BCUT2D eigenvalue weighted by Crippen LogP contribution is -2.09. The maximum atomic E-state index is 10.7. The third-order valence-corrected chi connectivity index (χ3v) is 2.12. The minimum absolute atomic E-state index is 0.0878. The smallest absolute Gasteiger partial charge is 0.292 e. The number of para-hydroxylation sites is 1. The Bertz CT molecular complexity index is 379. The Morgan fingerprint density at radius 2 is 2.29 bits per heavy atom. The molecule has 0 fully saturated rings. The molecule has 1 unspecified atom stereocenters. The van der Waals surface area contributed by atoms with Crippen LogP contribution in [0.1, 0.15) is 11.6 Å². The summed E-state index contributed by atoms with van der Waals surface area (Å²) in [6, 6.07) is 4.07. The van der Waals surface area contributed by atoms with Gasteiger partial charge in [0.25, 0.3) is 5.69 Å². The van der Waals surface area contributed by atoms with Crippen LogP contribution < -0.4 is 5.73 Å². The molecule has 0 heterocycles. The summed E-state index contributed by atoms with van der Waals surface area (Å²) in [5.74, 6) is 0. The number of nitrogens with zero attached hydrogens (tertiary/aromatic N) is 1. The minimum Gasteiger partial charge on any atom is -0.321 e. The first kappa shape index (κ1) is 10.7. The summed E-state index contributed by atoms with van der Waals surface area (Å²) in [5.41, 5.74) is 5.84. The fourth-order valence-corrected chi connectivity index (χ4v) is 1.37. The maximum Gasteiger partial charge on any atom is 0.292 e. The Morgan fingerprint density at radius 1 is 1.64 bits per heavy atom. The molecule has 1 aromatic carbocycles. The van der Waals surface area contributed by atoms with Crippen molar-refractivity contribution in [3.05, 3.63) is 51.6 Å². The van der Waals surface area contributed by atoms with Crippen LogP contribution in [-0.4, -0.2) is 4.92 Å². The quantitative estimate of drug-likeness (QED) is 0.475. The Kier molecular flexibility index (Phi) is 3.22. The van der Waals surface area contributed by atoms with E-state index in [4.69, 9.17) is 17.3 Å². The van der Waals surface area contributed by atoms with E-state index in [1.807, 2.05) is 0 Å². The molecule has 2 N–H and O–H groups in total. The maximum absolute atomic E-state index is 10.7. The van der Waals surface area contributed by atoms with Crippen molar-refractivity contribution in [1.82, 2.24) is 0 Å². The number of hydrogen-bond acceptors (Lipinski definition) is 3. The van der Waals surface area contributed by atoms with Gasteiger partial charge < -0.3 is 5.73 Å². The highest BCUT2D eigenvalue weighted by Gasteiger charge is 2.20. The number of halogens is 1. The molecule has 0 saturated carbocycles. The van der Waals surface area contributed by atoms with Crippen LogP contribution in [0.5, 0.6) is 0 Å². The van der Waals surface area contributed by atoms with Crippen LogP contribution in [0.2, 0.25) is 5.02 Å². The number of hydrogen-bond donors (Lipinski definition) is 1. The van der Waals surface area contributed by atoms with E-state index in [0.29, 0.717) is 5.56 Å². The second kappa shape index (κ2) is 4.21. The molecular weight excluding hydrogens is 204 g/mol. The summed E-state index contributed by atoms with van der Waals surface area (Å²) in [6.45, 7) is 3.48. The van der Waals surface area contributed by atoms with Gasteiger partial charge in [-0.25, -0.2) is 0 Å². The molecule has 1 rings (SSSR count). The molecule has 74 valence electrons. The van der Waals surface area contributed by atoms with Gasteiger partial charge in [0.2, 0.25) is 0 Å². The summed E-state index contributed by atoms with van der Waals surface area (Å²) in [5, 5.41) is 10.8. The predicted octanol–water partition coefficient (Wildman–Crippen LogP) is 2.43. The van der Waals surface area contributed by atoms with Gasteiger partial charge in [0.05, 0.1) is 16.5 Å². The summed E-state index contributed by atoms with van der Waals surface area (Å²) in [4.78, 5) is 10.2. The van der Waals surface area contributed by atoms with E-state index in [-0.39, 0.29) is 10.7 Å². The van der Waals surface area contributed by atoms with Gasteiger partial charge in [-0.05, 0) is 6.07 Å². The van der Waals surface area contributed by atoms with Crippen LogP contribution in [0.15, 0.2) is 30.9 Å². The summed E-state index contributed by atoms with van der Waals surface area (Å²) in [7, 11) is 0. The van der Waals surface area contributed by atoms with Crippen LogP contribution in [-0.2, 0) is 0 Å². The molecule has 5 heteroatoms. The number of nitro groups is 1. The van der Waals surface area contributed by atoms with Gasteiger partial charge in [0.1, 0.15) is 5.02 Å². The average Bonchev–Trinajstić information content (AvgIpc) is 2.15. The monoisotopic (exact) mass is 212 g/mol. The molecule has 0 aliphatic heterocycles. The van der Waals surface area contributed by atoms with Crippen molar-refractivity contribution in [3.8, 4) is 0 Å². The number of nitro benzene ring substituents is 1. The zero-order valence-electron chi connectivity index (χ0n) is 7.31. The molecule has 0 spiro atoms. The highest BCUT2D eigenvalue weighted by atomic mass is 35.5. The van der Waals surface area contributed by atoms with E-state index in [9.17, 15) is 10.1 Å². The van der Waals surface area contributed by atoms with Crippen molar-refractivity contribution in [1.29, 1.82) is 0 Å². The first-order valence-corrected chi connectivity index (χ1v) is 4.26. The fraction of sp³-hybridized carbons (Fsp3) is 0.111. The zero-order valence-corrected chi connectivity index (χ0v) is 8.07. The molecule has 14 heavy (non-hydrogen) atoms. The first-order chi connectivity index (χ1) is 6.57. The molecule has 0 aromatic heterocycles. The van der Waals surface area contributed by atoms with Crippen molar-refractivity contribution in [3.63, 3.8) is 0 Å². The Morgan fingerprint density at radius 3 is 2.79 bits per heavy atom. The molecule has 1 aromatic rings. The molecule has 1 atom stereocenters. The van der Waals surface area contributed by atoms with Gasteiger partial charge in [0.15, 0.2) is 0 Å². The molecule has 0 radical (unpaired) electrons. The van der Waals surface area contributed by atoms with Crippen molar-refractivity contribution < 1.29 is 4.92 Å². The lowest BCUT2D eigenvalue weighted by molar-refractivity contribution is -0.385. The predicted molar refractivity (Wildman–Crippen MR) is 55.2 cm³/mol. The van der Waals surface area contributed by atoms with Crippen molar-refractivity contribution >= 4 is 17.3 Å². The number of rotatable bonds is 3. The average molecular weight is 213 g/mol. The van der Waals surface area contributed by atoms with Gasteiger partial charge in [-0.3, -0.25) is 10.1 Å². The van der Waals surface area contributed by atoms with Crippen molar-refractivity contribution in [2.45, 2.75) is 6.04 Å². The van der Waals surface area contributed by atoms with Crippen molar-refractivity contribution in [2.24, 2.45) is 5.73 Å². The third-order valence-electron chi connectivity index (χ3n) is 1.81. The molecule has 4 nitrogen and oxygen atoms in total. The van der Waals surface area contributed by atoms with E-state index in [1.54, 1.807) is 12.1 Å². The second-order valence-corrected chi connectivity index (χ2v) is 3.10. The molecule has 0 aliphatic carbocycles. The van der Waals surface area contributed by atoms with E-state index in [2.05, 4.69) is 6.58 Å². The van der Waals surface area contributed by atoms with Crippen LogP contribution >= 0.6 is 11.6 Å². The normalized spacial score (nSPS) is 12.1. The summed E-state index contributed by atoms with van der Waals surface area (Å²) < 4.78 is 0. The molecule has 0 saturated heterocycles. The third kappa shape index (κ3) is 1.92. The Balaban J connectivity index is 3.35. The van der Waals surface area contributed by atoms with Gasteiger partial charge in [-0.1, -0.05) is 29.8 Å². The largest absolute Gasteiger partial charge is 0.321 e. The summed E-state index contributed by atoms with van der Waals surface area (Å²) >= 11 is 5.69. The van der Waals surface area contributed by atoms with E-state index >= 15 is 0 Å². The van der Waals surface area contributed by atoms with E-state index in [1.165, 1.54) is 12.1 Å². The molecule has 0 bridgehead atoms. The molecular formula is C9H9ClN2O2. The molecule has 0 aliphatic rings. The molecule has 0 amide bonds. The fourth-order valence-electron chi connectivity index (χ4n) is 1.12. The van der Waals surface area contributed by atoms with E-state index in [0.717, 1.165) is 0 Å². The first-order valence-electron chi connectivity index (χ1n) is 3.89. The van der Waals surface area contributed by atoms with Crippen LogP contribution in [0.25, 0.3) is 0 Å². The van der Waals surface area contributed by atoms with Gasteiger partial charge >= 0.3 is 0 Å². The summed E-state index contributed by atoms with van der Waals surface area (Å²) in [6.07, 6.45) is 1.43. The topological polar surface area (TPSA) is 69.2 Å². The minimum atomic E-state index is -0.575. The van der Waals surface area contributed by atoms with Crippen LogP contribution in [0, 0.1) is 10.1 Å². The highest BCUT2D eigenvalue weighted by Crippen LogP contribution is 2.31. The second-order valence-electron chi connectivity index (χ2n) is 2.70. The standard InChI is InChI=1S/C9H9ClN2O2/c1-2-8(11)6-4-3-5-7(10)9(6)12(13)14/h2-5,8H,1,11H2. The van der Waals surface area contributed by atoms with Crippen LogP contribution in [0.3, 0.4) is 0 Å². The zero-order chi connectivity index (χ0) is 10.7. The number of nitrogens with two attached hydrogens (primary N) is 1. The van der Waals surface area contributed by atoms with Crippen molar-refractivity contribution in [2.75, 3.05) is 0 Å². The SMILES string of the molecule is C=CC(N)c1cccc(Cl)c1[N+](=O)[O-]. The lowest BCUT2D eigenvalue weighted by atomic mass is 10.1. The van der Waals surface area contributed by atoms with Crippen LogP contribution in [0.4, 0.5) is 5.69 Å². The Labute approximate surface area is 86.1 Å². The van der Waals surface area contributed by atoms with Gasteiger partial charge in [0, 0.05) is 0 Å². The number of benzene rings is 1.